The number of amides is 1. The number of rotatable bonds is 5. The zero-order valence-corrected chi connectivity index (χ0v) is 16.6. The Morgan fingerprint density at radius 3 is 2.46 bits per heavy atom. The van der Waals surface area contributed by atoms with Gasteiger partial charge in [0, 0.05) is 42.0 Å². The number of nitrogens with one attached hydrogen (secondary N) is 1. The third kappa shape index (κ3) is 4.14. The Hall–Kier alpha value is -1.75. The van der Waals surface area contributed by atoms with Gasteiger partial charge in [-0.1, -0.05) is 5.16 Å². The molecule has 1 aliphatic rings. The number of carbonyl (C=O) groups excluding carboxylic acids is 1. The number of nitrogens with zero attached hydrogens (tertiary/aromatic N) is 3. The lowest BCUT2D eigenvalue weighted by atomic mass is 10.3. The van der Waals surface area contributed by atoms with Crippen LogP contribution in [0.2, 0.25) is 0 Å². The molecular formula is C16H22N4O4S2. The van der Waals surface area contributed by atoms with Gasteiger partial charge in [-0.2, -0.15) is 4.31 Å². The largest absolute Gasteiger partial charge is 0.360 e. The van der Waals surface area contributed by atoms with Crippen LogP contribution in [-0.4, -0.2) is 61.4 Å². The highest BCUT2D eigenvalue weighted by molar-refractivity contribution is 7.89. The molecule has 1 saturated heterocycles. The van der Waals surface area contributed by atoms with Crippen molar-refractivity contribution in [1.82, 2.24) is 14.4 Å². The van der Waals surface area contributed by atoms with Crippen molar-refractivity contribution in [2.75, 3.05) is 38.0 Å². The number of anilines is 1. The molecule has 26 heavy (non-hydrogen) atoms. The molecule has 3 heterocycles. The zero-order valence-electron chi connectivity index (χ0n) is 15.0. The lowest BCUT2D eigenvalue weighted by Gasteiger charge is -2.33. The lowest BCUT2D eigenvalue weighted by Crippen LogP contribution is -2.50. The summed E-state index contributed by atoms with van der Waals surface area (Å²) in [5, 5.41) is 6.40. The minimum Gasteiger partial charge on any atom is -0.360 e. The Balaban J connectivity index is 1.55. The van der Waals surface area contributed by atoms with Crippen molar-refractivity contribution in [3.05, 3.63) is 27.6 Å². The molecule has 1 amide bonds. The van der Waals surface area contributed by atoms with Gasteiger partial charge in [0.1, 0.15) is 5.76 Å². The Kier molecular flexibility index (Phi) is 5.47. The number of carbonyl (C=O) groups is 1. The molecule has 10 heteroatoms. The maximum atomic E-state index is 12.8. The van der Waals surface area contributed by atoms with Crippen LogP contribution < -0.4 is 5.32 Å². The van der Waals surface area contributed by atoms with E-state index in [0.29, 0.717) is 42.7 Å². The van der Waals surface area contributed by atoms with E-state index in [4.69, 9.17) is 4.52 Å². The molecule has 8 nitrogen and oxygen atoms in total. The number of aromatic nitrogens is 1. The van der Waals surface area contributed by atoms with Crippen molar-refractivity contribution in [3.8, 4) is 0 Å². The normalized spacial score (nSPS) is 16.7. The van der Waals surface area contributed by atoms with Crippen molar-refractivity contribution in [3.63, 3.8) is 0 Å². The summed E-state index contributed by atoms with van der Waals surface area (Å²) >= 11 is 1.49. The molecule has 0 atom stereocenters. The van der Waals surface area contributed by atoms with E-state index < -0.39 is 10.0 Å². The first-order valence-corrected chi connectivity index (χ1v) is 10.5. The van der Waals surface area contributed by atoms with Crippen molar-refractivity contribution >= 4 is 33.1 Å². The maximum Gasteiger partial charge on any atom is 0.244 e. The number of hydrogen-bond acceptors (Lipinski definition) is 7. The Labute approximate surface area is 156 Å². The van der Waals surface area contributed by atoms with Gasteiger partial charge in [-0.15, -0.1) is 11.3 Å². The molecule has 0 bridgehead atoms. The van der Waals surface area contributed by atoms with Crippen LogP contribution in [0, 0.1) is 20.8 Å². The van der Waals surface area contributed by atoms with Crippen LogP contribution in [0.5, 0.6) is 0 Å². The lowest BCUT2D eigenvalue weighted by molar-refractivity contribution is -0.117. The summed E-state index contributed by atoms with van der Waals surface area (Å²) in [6, 6.07) is 3.38. The van der Waals surface area contributed by atoms with Crippen molar-refractivity contribution in [2.24, 2.45) is 0 Å². The molecule has 1 aliphatic heterocycles. The second-order valence-electron chi connectivity index (χ2n) is 6.33. The molecule has 3 rings (SSSR count). The fraction of sp³-hybridized carbons (Fsp3) is 0.500. The van der Waals surface area contributed by atoms with E-state index >= 15 is 0 Å². The SMILES string of the molecule is Cc1cc(NC(=O)CN2CCN(S(=O)(=O)c3cc(C)sc3C)CC2)no1. The monoisotopic (exact) mass is 398 g/mol. The predicted molar refractivity (Wildman–Crippen MR) is 98.9 cm³/mol. The van der Waals surface area contributed by atoms with E-state index in [1.807, 2.05) is 18.7 Å². The molecule has 1 N–H and O–H groups in total. The summed E-state index contributed by atoms with van der Waals surface area (Å²) in [6.45, 7) is 7.43. The zero-order chi connectivity index (χ0) is 18.9. The molecule has 2 aromatic rings. The Morgan fingerprint density at radius 2 is 1.92 bits per heavy atom. The number of hydrogen-bond donors (Lipinski definition) is 1. The van der Waals surface area contributed by atoms with Crippen molar-refractivity contribution in [2.45, 2.75) is 25.7 Å². The molecule has 0 unspecified atom stereocenters. The molecular weight excluding hydrogens is 376 g/mol. The van der Waals surface area contributed by atoms with Gasteiger partial charge in [0.15, 0.2) is 5.82 Å². The van der Waals surface area contributed by atoms with E-state index in [0.717, 1.165) is 9.75 Å². The highest BCUT2D eigenvalue weighted by atomic mass is 32.2. The smallest absolute Gasteiger partial charge is 0.244 e. The van der Waals surface area contributed by atoms with Gasteiger partial charge in [-0.05, 0) is 26.8 Å². The van der Waals surface area contributed by atoms with Gasteiger partial charge in [-0.3, -0.25) is 9.69 Å². The van der Waals surface area contributed by atoms with Gasteiger partial charge in [0.2, 0.25) is 15.9 Å². The standard InChI is InChI=1S/C16H22N4O4S2/c1-11-8-15(18-24-11)17-16(21)10-19-4-6-20(7-5-19)26(22,23)14-9-12(2)25-13(14)3/h8-9H,4-7,10H2,1-3H3,(H,17,18,21). The summed E-state index contributed by atoms with van der Waals surface area (Å²) in [6.07, 6.45) is 0. The second-order valence-corrected chi connectivity index (χ2v) is 9.70. The minimum atomic E-state index is -3.48. The van der Waals surface area contributed by atoms with Crippen LogP contribution in [0.1, 0.15) is 15.5 Å². The van der Waals surface area contributed by atoms with E-state index in [9.17, 15) is 13.2 Å². The maximum absolute atomic E-state index is 12.8. The molecule has 0 spiro atoms. The average Bonchev–Trinajstić information content (AvgIpc) is 3.13. The first-order chi connectivity index (χ1) is 12.3. The van der Waals surface area contributed by atoms with Gasteiger partial charge < -0.3 is 9.84 Å². The van der Waals surface area contributed by atoms with Gasteiger partial charge in [0.05, 0.1) is 11.4 Å². The predicted octanol–water partition coefficient (Wildman–Crippen LogP) is 1.61. The molecule has 0 aromatic carbocycles. The van der Waals surface area contributed by atoms with Gasteiger partial charge in [-0.25, -0.2) is 8.42 Å². The molecule has 1 fully saturated rings. The number of piperazine rings is 1. The van der Waals surface area contributed by atoms with E-state index in [2.05, 4.69) is 10.5 Å². The van der Waals surface area contributed by atoms with Gasteiger partial charge in [0.25, 0.3) is 0 Å². The van der Waals surface area contributed by atoms with E-state index in [1.165, 1.54) is 15.6 Å². The minimum absolute atomic E-state index is 0.191. The van der Waals surface area contributed by atoms with E-state index in [-0.39, 0.29) is 12.5 Å². The number of thiophene rings is 1. The fourth-order valence-electron chi connectivity index (χ4n) is 2.94. The van der Waals surface area contributed by atoms with Crippen LogP contribution in [0.25, 0.3) is 0 Å². The summed E-state index contributed by atoms with van der Waals surface area (Å²) < 4.78 is 32.0. The van der Waals surface area contributed by atoms with Crippen LogP contribution in [0.4, 0.5) is 5.82 Å². The first kappa shape index (κ1) is 19.0. The summed E-state index contributed by atoms with van der Waals surface area (Å²) in [7, 11) is -3.48. The quantitative estimate of drug-likeness (QED) is 0.822. The summed E-state index contributed by atoms with van der Waals surface area (Å²) in [4.78, 5) is 16.2. The van der Waals surface area contributed by atoms with Crippen molar-refractivity contribution < 1.29 is 17.7 Å². The van der Waals surface area contributed by atoms with E-state index in [1.54, 1.807) is 19.1 Å². The highest BCUT2D eigenvalue weighted by Crippen LogP contribution is 2.28. The first-order valence-electron chi connectivity index (χ1n) is 8.28. The number of sulfonamides is 1. The summed E-state index contributed by atoms with van der Waals surface area (Å²) in [5.74, 6) is 0.814. The second kappa shape index (κ2) is 7.47. The van der Waals surface area contributed by atoms with Crippen LogP contribution in [0.3, 0.4) is 0 Å². The highest BCUT2D eigenvalue weighted by Gasteiger charge is 2.31. The third-order valence-corrected chi connectivity index (χ3v) is 7.33. The Bertz CT molecular complexity index is 895. The van der Waals surface area contributed by atoms with Crippen molar-refractivity contribution in [1.29, 1.82) is 0 Å². The molecule has 0 aliphatic carbocycles. The molecule has 2 aromatic heterocycles. The molecule has 142 valence electrons. The van der Waals surface area contributed by atoms with Gasteiger partial charge >= 0.3 is 0 Å². The van der Waals surface area contributed by atoms with Crippen LogP contribution >= 0.6 is 11.3 Å². The Morgan fingerprint density at radius 1 is 1.23 bits per heavy atom. The topological polar surface area (TPSA) is 95.8 Å². The average molecular weight is 399 g/mol. The summed E-state index contributed by atoms with van der Waals surface area (Å²) in [5.41, 5.74) is 0. The molecule has 0 radical (unpaired) electrons. The fourth-order valence-corrected chi connectivity index (χ4v) is 5.89. The van der Waals surface area contributed by atoms with Crippen LogP contribution in [0.15, 0.2) is 21.6 Å². The van der Waals surface area contributed by atoms with Crippen LogP contribution in [-0.2, 0) is 14.8 Å². The number of aryl methyl sites for hydroxylation is 3. The molecule has 0 saturated carbocycles. The third-order valence-electron chi connectivity index (χ3n) is 4.21.